The molecule has 1 aromatic carbocycles. The number of hydrogen-bond acceptors (Lipinski definition) is 2. The molecule has 1 aliphatic rings. The summed E-state index contributed by atoms with van der Waals surface area (Å²) in [6.07, 6.45) is 6.53. The van der Waals surface area contributed by atoms with Crippen LogP contribution in [-0.4, -0.2) is 30.6 Å². The maximum atomic E-state index is 3.59. The second kappa shape index (κ2) is 10.2. The van der Waals surface area contributed by atoms with Gasteiger partial charge in [0, 0.05) is 12.6 Å². The van der Waals surface area contributed by atoms with E-state index in [-0.39, 0.29) is 0 Å². The Kier molecular flexibility index (Phi) is 8.28. The quantitative estimate of drug-likeness (QED) is 0.670. The minimum absolute atomic E-state index is 0.612. The molecular formula is C22H38N2. The highest BCUT2D eigenvalue weighted by atomic mass is 15.1. The number of likely N-dealkylation sites (tertiary alicyclic amines) is 1. The topological polar surface area (TPSA) is 15.3 Å². The van der Waals surface area contributed by atoms with Gasteiger partial charge in [-0.2, -0.15) is 0 Å². The van der Waals surface area contributed by atoms with Gasteiger partial charge in [0.15, 0.2) is 0 Å². The van der Waals surface area contributed by atoms with Crippen molar-refractivity contribution in [2.24, 2.45) is 5.92 Å². The van der Waals surface area contributed by atoms with Crippen LogP contribution in [0.1, 0.15) is 76.8 Å². The molecule has 2 nitrogen and oxygen atoms in total. The lowest BCUT2D eigenvalue weighted by molar-refractivity contribution is 0.174. The fourth-order valence-electron chi connectivity index (χ4n) is 3.86. The van der Waals surface area contributed by atoms with Crippen molar-refractivity contribution in [2.75, 3.05) is 19.6 Å². The first-order chi connectivity index (χ1) is 11.6. The Morgan fingerprint density at radius 2 is 1.75 bits per heavy atom. The first-order valence-corrected chi connectivity index (χ1v) is 10.2. The Bertz CT molecular complexity index is 444. The second-order valence-corrected chi connectivity index (χ2v) is 7.92. The van der Waals surface area contributed by atoms with E-state index in [0.29, 0.717) is 6.04 Å². The van der Waals surface area contributed by atoms with Crippen LogP contribution >= 0.6 is 0 Å². The predicted molar refractivity (Wildman–Crippen MR) is 106 cm³/mol. The molecule has 0 bridgehead atoms. The van der Waals surface area contributed by atoms with Gasteiger partial charge in [-0.15, -0.1) is 0 Å². The molecule has 1 saturated heterocycles. The molecule has 136 valence electrons. The van der Waals surface area contributed by atoms with E-state index in [1.807, 2.05) is 0 Å². The normalized spacial score (nSPS) is 18.2. The molecule has 2 rings (SSSR count). The molecule has 1 atom stereocenters. The molecule has 1 fully saturated rings. The molecule has 1 heterocycles. The lowest BCUT2D eigenvalue weighted by Gasteiger charge is -2.32. The molecule has 0 saturated carbocycles. The Morgan fingerprint density at radius 1 is 1.08 bits per heavy atom. The van der Waals surface area contributed by atoms with Gasteiger partial charge in [-0.3, -0.25) is 4.90 Å². The first kappa shape index (κ1) is 19.5. The maximum absolute atomic E-state index is 3.59. The highest BCUT2D eigenvalue weighted by Gasteiger charge is 2.19. The van der Waals surface area contributed by atoms with Crippen LogP contribution in [-0.2, 0) is 6.54 Å². The number of nitrogens with zero attached hydrogens (tertiary/aromatic N) is 1. The third-order valence-corrected chi connectivity index (χ3v) is 5.51. The summed E-state index contributed by atoms with van der Waals surface area (Å²) in [5, 5.41) is 3.59. The number of nitrogens with one attached hydrogen (secondary N) is 1. The monoisotopic (exact) mass is 330 g/mol. The van der Waals surface area contributed by atoms with E-state index in [0.717, 1.165) is 18.4 Å². The fourth-order valence-corrected chi connectivity index (χ4v) is 3.86. The molecular weight excluding hydrogens is 292 g/mol. The van der Waals surface area contributed by atoms with Gasteiger partial charge in [0.25, 0.3) is 0 Å². The van der Waals surface area contributed by atoms with Crippen LogP contribution in [0, 0.1) is 5.92 Å². The van der Waals surface area contributed by atoms with Crippen molar-refractivity contribution in [1.29, 1.82) is 0 Å². The third-order valence-electron chi connectivity index (χ3n) is 5.51. The molecule has 1 aromatic rings. The first-order valence-electron chi connectivity index (χ1n) is 10.2. The fraction of sp³-hybridized carbons (Fsp3) is 0.727. The highest BCUT2D eigenvalue weighted by Crippen LogP contribution is 2.25. The van der Waals surface area contributed by atoms with Crippen LogP contribution in [0.2, 0.25) is 0 Å². The van der Waals surface area contributed by atoms with Gasteiger partial charge in [-0.25, -0.2) is 0 Å². The van der Waals surface area contributed by atoms with Crippen molar-refractivity contribution in [3.05, 3.63) is 35.4 Å². The zero-order valence-corrected chi connectivity index (χ0v) is 16.4. The predicted octanol–water partition coefficient (Wildman–Crippen LogP) is 5.19. The van der Waals surface area contributed by atoms with E-state index < -0.39 is 0 Å². The smallest absolute Gasteiger partial charge is 0.0233 e. The van der Waals surface area contributed by atoms with Crippen molar-refractivity contribution in [1.82, 2.24) is 10.2 Å². The number of hydrogen-bond donors (Lipinski definition) is 1. The van der Waals surface area contributed by atoms with Crippen molar-refractivity contribution >= 4 is 0 Å². The van der Waals surface area contributed by atoms with Gasteiger partial charge in [0.05, 0.1) is 0 Å². The molecule has 1 unspecified atom stereocenters. The van der Waals surface area contributed by atoms with Gasteiger partial charge in [0.1, 0.15) is 0 Å². The van der Waals surface area contributed by atoms with E-state index in [1.54, 1.807) is 0 Å². The summed E-state index contributed by atoms with van der Waals surface area (Å²) < 4.78 is 0. The molecule has 0 radical (unpaired) electrons. The lowest BCUT2D eigenvalue weighted by Crippen LogP contribution is -2.38. The lowest BCUT2D eigenvalue weighted by atomic mass is 9.91. The summed E-state index contributed by atoms with van der Waals surface area (Å²) in [5.74, 6) is 1.61. The SMILES string of the molecule is CCCC(CC)c1ccc(CN2CCC(CNC(C)C)CC2)cc1. The molecule has 24 heavy (non-hydrogen) atoms. The molecule has 2 heteroatoms. The minimum atomic E-state index is 0.612. The Labute approximate surface area is 150 Å². The molecule has 0 aliphatic carbocycles. The summed E-state index contributed by atoms with van der Waals surface area (Å²) in [5.41, 5.74) is 3.01. The van der Waals surface area contributed by atoms with Gasteiger partial charge in [-0.05, 0) is 68.3 Å². The van der Waals surface area contributed by atoms with E-state index in [4.69, 9.17) is 0 Å². The Hall–Kier alpha value is -0.860. The standard InChI is InChI=1S/C22H38N2/c1-5-7-21(6-2)22-10-8-20(9-11-22)17-24-14-12-19(13-15-24)16-23-18(3)4/h8-11,18-19,21,23H,5-7,12-17H2,1-4H3. The van der Waals surface area contributed by atoms with E-state index in [1.165, 1.54) is 62.9 Å². The second-order valence-electron chi connectivity index (χ2n) is 7.92. The molecule has 1 N–H and O–H groups in total. The van der Waals surface area contributed by atoms with Crippen LogP contribution < -0.4 is 5.32 Å². The number of rotatable bonds is 9. The van der Waals surface area contributed by atoms with Crippen molar-refractivity contribution in [3.8, 4) is 0 Å². The summed E-state index contributed by atoms with van der Waals surface area (Å²) in [6, 6.07) is 10.1. The average Bonchev–Trinajstić information content (AvgIpc) is 2.60. The van der Waals surface area contributed by atoms with Crippen LogP contribution in [0.4, 0.5) is 0 Å². The highest BCUT2D eigenvalue weighted by molar-refractivity contribution is 5.25. The minimum Gasteiger partial charge on any atom is -0.314 e. The summed E-state index contributed by atoms with van der Waals surface area (Å²) in [6.45, 7) is 13.9. The zero-order valence-electron chi connectivity index (χ0n) is 16.4. The molecule has 1 aliphatic heterocycles. The van der Waals surface area contributed by atoms with Crippen LogP contribution in [0.5, 0.6) is 0 Å². The van der Waals surface area contributed by atoms with Gasteiger partial charge in [-0.1, -0.05) is 58.4 Å². The molecule has 0 aromatic heterocycles. The number of piperidine rings is 1. The summed E-state index contributed by atoms with van der Waals surface area (Å²) in [4.78, 5) is 2.63. The van der Waals surface area contributed by atoms with E-state index >= 15 is 0 Å². The van der Waals surface area contributed by atoms with Gasteiger partial charge in [0.2, 0.25) is 0 Å². The summed E-state index contributed by atoms with van der Waals surface area (Å²) in [7, 11) is 0. The van der Waals surface area contributed by atoms with Gasteiger partial charge >= 0.3 is 0 Å². The van der Waals surface area contributed by atoms with Gasteiger partial charge < -0.3 is 5.32 Å². The molecule has 0 spiro atoms. The Balaban J connectivity index is 1.78. The van der Waals surface area contributed by atoms with Crippen LogP contribution in [0.25, 0.3) is 0 Å². The van der Waals surface area contributed by atoms with Crippen molar-refractivity contribution in [3.63, 3.8) is 0 Å². The average molecular weight is 331 g/mol. The van der Waals surface area contributed by atoms with Crippen molar-refractivity contribution < 1.29 is 0 Å². The largest absolute Gasteiger partial charge is 0.314 e. The maximum Gasteiger partial charge on any atom is 0.0233 e. The number of benzene rings is 1. The van der Waals surface area contributed by atoms with E-state index in [9.17, 15) is 0 Å². The Morgan fingerprint density at radius 3 is 2.29 bits per heavy atom. The molecule has 0 amide bonds. The summed E-state index contributed by atoms with van der Waals surface area (Å²) >= 11 is 0. The van der Waals surface area contributed by atoms with E-state index in [2.05, 4.69) is 62.2 Å². The van der Waals surface area contributed by atoms with Crippen LogP contribution in [0.3, 0.4) is 0 Å². The zero-order chi connectivity index (χ0) is 17.4. The van der Waals surface area contributed by atoms with Crippen LogP contribution in [0.15, 0.2) is 24.3 Å². The third kappa shape index (κ3) is 6.22. The van der Waals surface area contributed by atoms with Crippen molar-refractivity contribution in [2.45, 2.75) is 78.3 Å².